The smallest absolute Gasteiger partial charge is 0.274 e. The highest BCUT2D eigenvalue weighted by atomic mass is 32.2. The molecule has 1 aliphatic rings. The normalized spacial score (nSPS) is 31.0. The molecule has 0 aliphatic carbocycles. The first-order valence-electron chi connectivity index (χ1n) is 3.99. The highest BCUT2D eigenvalue weighted by Gasteiger charge is 2.34. The number of likely N-dealkylation sites (N-methyl/N-ethyl adjacent to an activating group) is 1. The summed E-state index contributed by atoms with van der Waals surface area (Å²) in [4.78, 5) is 1.94. The van der Waals surface area contributed by atoms with Crippen LogP contribution in [-0.2, 0) is 10.2 Å². The molecule has 0 aromatic carbocycles. The molecule has 4 N–H and O–H groups in total. The first-order chi connectivity index (χ1) is 5.81. The van der Waals surface area contributed by atoms with Gasteiger partial charge in [0.15, 0.2) is 0 Å². The monoisotopic (exact) mass is 209 g/mol. The van der Waals surface area contributed by atoms with E-state index in [0.29, 0.717) is 13.0 Å². The van der Waals surface area contributed by atoms with Crippen molar-refractivity contribution < 1.29 is 13.5 Å². The fourth-order valence-corrected chi connectivity index (χ4v) is 1.91. The summed E-state index contributed by atoms with van der Waals surface area (Å²) in [5.74, 6) is 0. The summed E-state index contributed by atoms with van der Waals surface area (Å²) in [5, 5.41) is 14.5. The van der Waals surface area contributed by atoms with E-state index in [4.69, 9.17) is 5.14 Å². The molecule has 1 unspecified atom stereocenters. The van der Waals surface area contributed by atoms with Gasteiger partial charge in [0.1, 0.15) is 0 Å². The van der Waals surface area contributed by atoms with Crippen molar-refractivity contribution in [2.24, 2.45) is 5.14 Å². The summed E-state index contributed by atoms with van der Waals surface area (Å²) in [6.07, 6.45) is 0.562. The molecule has 0 aromatic rings. The quantitative estimate of drug-likeness (QED) is 0.493. The third kappa shape index (κ3) is 3.57. The van der Waals surface area contributed by atoms with E-state index in [0.717, 1.165) is 6.54 Å². The minimum absolute atomic E-state index is 0.0177. The van der Waals surface area contributed by atoms with Gasteiger partial charge in [0.2, 0.25) is 0 Å². The third-order valence-corrected chi connectivity index (χ3v) is 2.67. The Morgan fingerprint density at radius 2 is 2.31 bits per heavy atom. The second-order valence-corrected chi connectivity index (χ2v) is 4.96. The molecule has 0 bridgehead atoms. The molecule has 7 heteroatoms. The summed E-state index contributed by atoms with van der Waals surface area (Å²) in [5.41, 5.74) is -0.971. The maximum Gasteiger partial charge on any atom is 0.274 e. The Balaban J connectivity index is 2.45. The number of likely N-dealkylation sites (tertiary alicyclic amines) is 1. The van der Waals surface area contributed by atoms with Crippen molar-refractivity contribution in [2.75, 3.05) is 26.7 Å². The van der Waals surface area contributed by atoms with E-state index in [-0.39, 0.29) is 6.54 Å². The lowest BCUT2D eigenvalue weighted by Crippen LogP contribution is -2.46. The van der Waals surface area contributed by atoms with Crippen LogP contribution in [0.25, 0.3) is 0 Å². The second kappa shape index (κ2) is 3.50. The predicted octanol–water partition coefficient (Wildman–Crippen LogP) is -2.15. The number of aliphatic hydroxyl groups is 1. The molecule has 0 radical (unpaired) electrons. The second-order valence-electron chi connectivity index (χ2n) is 3.58. The van der Waals surface area contributed by atoms with Crippen molar-refractivity contribution in [1.29, 1.82) is 0 Å². The van der Waals surface area contributed by atoms with Crippen molar-refractivity contribution in [3.8, 4) is 0 Å². The topological polar surface area (TPSA) is 95.7 Å². The lowest BCUT2D eigenvalue weighted by molar-refractivity contribution is 0.0572. The van der Waals surface area contributed by atoms with Gasteiger partial charge in [-0.15, -0.1) is 0 Å². The van der Waals surface area contributed by atoms with Gasteiger partial charge in [-0.2, -0.15) is 13.1 Å². The Bertz CT molecular complexity index is 279. The minimum Gasteiger partial charge on any atom is -0.387 e. The van der Waals surface area contributed by atoms with Gasteiger partial charge in [0.05, 0.1) is 5.60 Å². The van der Waals surface area contributed by atoms with Crippen LogP contribution in [0.2, 0.25) is 0 Å². The number of hydrogen-bond donors (Lipinski definition) is 3. The summed E-state index contributed by atoms with van der Waals surface area (Å²) in [7, 11) is -1.83. The molecule has 1 aliphatic heterocycles. The van der Waals surface area contributed by atoms with Crippen LogP contribution in [0.1, 0.15) is 6.42 Å². The van der Waals surface area contributed by atoms with Crippen LogP contribution >= 0.6 is 0 Å². The molecule has 1 rings (SSSR count). The maximum atomic E-state index is 10.6. The third-order valence-electron chi connectivity index (χ3n) is 2.13. The average molecular weight is 209 g/mol. The van der Waals surface area contributed by atoms with Gasteiger partial charge >= 0.3 is 0 Å². The molecule has 78 valence electrons. The molecule has 1 heterocycles. The molecule has 1 atom stereocenters. The van der Waals surface area contributed by atoms with Crippen LogP contribution in [0.4, 0.5) is 0 Å². The minimum atomic E-state index is -3.70. The first-order valence-corrected chi connectivity index (χ1v) is 5.54. The SMILES string of the molecule is CN1CCC(O)(CNS(N)(=O)=O)C1. The summed E-state index contributed by atoms with van der Waals surface area (Å²) in [6.45, 7) is 1.22. The Kier molecular flexibility index (Phi) is 2.93. The van der Waals surface area contributed by atoms with Crippen molar-refractivity contribution in [2.45, 2.75) is 12.0 Å². The van der Waals surface area contributed by atoms with E-state index in [1.165, 1.54) is 0 Å². The fourth-order valence-electron chi connectivity index (χ4n) is 1.44. The number of rotatable bonds is 3. The van der Waals surface area contributed by atoms with Gasteiger partial charge in [0.25, 0.3) is 10.2 Å². The van der Waals surface area contributed by atoms with Crippen LogP contribution in [0.3, 0.4) is 0 Å². The van der Waals surface area contributed by atoms with Crippen molar-refractivity contribution in [1.82, 2.24) is 9.62 Å². The zero-order chi connectivity index (χ0) is 10.1. The molecular formula is C6H15N3O3S. The predicted molar refractivity (Wildman–Crippen MR) is 48.2 cm³/mol. The van der Waals surface area contributed by atoms with Gasteiger partial charge in [0, 0.05) is 19.6 Å². The zero-order valence-electron chi connectivity index (χ0n) is 7.52. The van der Waals surface area contributed by atoms with Gasteiger partial charge < -0.3 is 10.0 Å². The standard InChI is InChI=1S/C6H15N3O3S/c1-9-3-2-6(10,5-9)4-8-13(7,11)12/h8,10H,2-5H2,1H3,(H2,7,11,12). The number of hydrogen-bond acceptors (Lipinski definition) is 4. The van der Waals surface area contributed by atoms with Crippen molar-refractivity contribution in [3.63, 3.8) is 0 Å². The van der Waals surface area contributed by atoms with E-state index in [1.54, 1.807) is 0 Å². The average Bonchev–Trinajstić information content (AvgIpc) is 2.27. The first kappa shape index (κ1) is 10.9. The van der Waals surface area contributed by atoms with Gasteiger partial charge in [-0.1, -0.05) is 0 Å². The summed E-state index contributed by atoms with van der Waals surface area (Å²) < 4.78 is 23.2. The van der Waals surface area contributed by atoms with Crippen LogP contribution in [0.5, 0.6) is 0 Å². The van der Waals surface area contributed by atoms with Crippen LogP contribution in [0.15, 0.2) is 0 Å². The molecule has 0 amide bonds. The molecule has 13 heavy (non-hydrogen) atoms. The number of nitrogens with one attached hydrogen (secondary N) is 1. The van der Waals surface area contributed by atoms with E-state index in [1.807, 2.05) is 11.9 Å². The zero-order valence-corrected chi connectivity index (χ0v) is 8.34. The summed E-state index contributed by atoms with van der Waals surface area (Å²) >= 11 is 0. The lowest BCUT2D eigenvalue weighted by Gasteiger charge is -2.21. The van der Waals surface area contributed by atoms with Crippen LogP contribution in [-0.4, -0.2) is 50.7 Å². The van der Waals surface area contributed by atoms with Crippen molar-refractivity contribution in [3.05, 3.63) is 0 Å². The fraction of sp³-hybridized carbons (Fsp3) is 1.00. The van der Waals surface area contributed by atoms with E-state index in [2.05, 4.69) is 4.72 Å². The molecule has 1 saturated heterocycles. The Labute approximate surface area is 77.9 Å². The van der Waals surface area contributed by atoms with Gasteiger partial charge in [-0.3, -0.25) is 0 Å². The van der Waals surface area contributed by atoms with Crippen LogP contribution < -0.4 is 9.86 Å². The number of nitrogens with zero attached hydrogens (tertiary/aromatic N) is 1. The van der Waals surface area contributed by atoms with E-state index >= 15 is 0 Å². The molecule has 0 spiro atoms. The summed E-state index contributed by atoms with van der Waals surface area (Å²) in [6, 6.07) is 0. The Hall–Kier alpha value is -0.210. The van der Waals surface area contributed by atoms with Crippen molar-refractivity contribution >= 4 is 10.2 Å². The largest absolute Gasteiger partial charge is 0.387 e. The van der Waals surface area contributed by atoms with E-state index < -0.39 is 15.8 Å². The highest BCUT2D eigenvalue weighted by molar-refractivity contribution is 7.87. The molecule has 1 fully saturated rings. The molecular weight excluding hydrogens is 194 g/mol. The number of nitrogens with two attached hydrogens (primary N) is 1. The van der Waals surface area contributed by atoms with E-state index in [9.17, 15) is 13.5 Å². The maximum absolute atomic E-state index is 10.6. The molecule has 6 nitrogen and oxygen atoms in total. The lowest BCUT2D eigenvalue weighted by atomic mass is 10.0. The van der Waals surface area contributed by atoms with Gasteiger partial charge in [-0.25, -0.2) is 5.14 Å². The Morgan fingerprint density at radius 1 is 1.69 bits per heavy atom. The Morgan fingerprint density at radius 3 is 2.69 bits per heavy atom. The van der Waals surface area contributed by atoms with Gasteiger partial charge in [-0.05, 0) is 13.5 Å². The number of β-amino-alcohol motifs (C(OH)–C–C–N with tert-alkyl or cyclic N) is 1. The molecule has 0 saturated carbocycles. The highest BCUT2D eigenvalue weighted by Crippen LogP contribution is 2.18. The molecule has 0 aromatic heterocycles. The van der Waals surface area contributed by atoms with Crippen LogP contribution in [0, 0.1) is 0 Å².